The van der Waals surface area contributed by atoms with Crippen LogP contribution in [0.2, 0.25) is 5.02 Å². The maximum atomic E-state index is 12.5. The molecule has 112 valence electrons. The summed E-state index contributed by atoms with van der Waals surface area (Å²) >= 11 is 6.05. The molecule has 0 aliphatic heterocycles. The smallest absolute Gasteiger partial charge is 0.231 e. The van der Waals surface area contributed by atoms with Crippen LogP contribution < -0.4 is 15.8 Å². The topological polar surface area (TPSA) is 64.3 Å². The van der Waals surface area contributed by atoms with Crippen LogP contribution in [0.25, 0.3) is 0 Å². The molecule has 0 saturated heterocycles. The number of nitrogens with one attached hydrogen (secondary N) is 1. The number of ether oxygens (including phenoxy) is 1. The van der Waals surface area contributed by atoms with Crippen molar-refractivity contribution in [1.82, 2.24) is 0 Å². The van der Waals surface area contributed by atoms with Crippen molar-refractivity contribution in [2.45, 2.75) is 40.2 Å². The summed E-state index contributed by atoms with van der Waals surface area (Å²) in [6.45, 7) is 9.17. The van der Waals surface area contributed by atoms with Gasteiger partial charge in [0, 0.05) is 16.6 Å². The van der Waals surface area contributed by atoms with Crippen LogP contribution in [0.15, 0.2) is 12.1 Å². The van der Waals surface area contributed by atoms with Crippen molar-refractivity contribution in [3.05, 3.63) is 22.7 Å². The molecule has 1 aromatic carbocycles. The lowest BCUT2D eigenvalue weighted by Gasteiger charge is -2.37. The second kappa shape index (κ2) is 5.62. The van der Waals surface area contributed by atoms with Crippen molar-refractivity contribution < 1.29 is 9.53 Å². The summed E-state index contributed by atoms with van der Waals surface area (Å²) in [7, 11) is 1.54. The van der Waals surface area contributed by atoms with Gasteiger partial charge in [0.25, 0.3) is 0 Å². The zero-order valence-electron chi connectivity index (χ0n) is 12.9. The van der Waals surface area contributed by atoms with E-state index in [1.807, 2.05) is 34.6 Å². The Labute approximate surface area is 125 Å². The average molecular weight is 299 g/mol. The second-order valence-corrected chi connectivity index (χ2v) is 6.51. The predicted octanol–water partition coefficient (Wildman–Crippen LogP) is 3.36. The Morgan fingerprint density at radius 3 is 2.30 bits per heavy atom. The van der Waals surface area contributed by atoms with Crippen LogP contribution in [0, 0.1) is 12.3 Å². The van der Waals surface area contributed by atoms with E-state index in [9.17, 15) is 4.79 Å². The van der Waals surface area contributed by atoms with Crippen molar-refractivity contribution in [2.75, 3.05) is 12.4 Å². The molecule has 3 N–H and O–H groups in total. The monoisotopic (exact) mass is 298 g/mol. The lowest BCUT2D eigenvalue weighted by molar-refractivity contribution is -0.126. The number of carbonyl (C=O) groups is 1. The number of hydrogen-bond donors (Lipinski definition) is 2. The molecule has 0 saturated carbocycles. The Kier molecular flexibility index (Phi) is 4.72. The Hall–Kier alpha value is -1.26. The second-order valence-electron chi connectivity index (χ2n) is 6.10. The molecule has 0 heterocycles. The molecule has 0 unspecified atom stereocenters. The minimum Gasteiger partial charge on any atom is -0.495 e. The number of halogens is 1. The van der Waals surface area contributed by atoms with Crippen molar-refractivity contribution in [2.24, 2.45) is 11.1 Å². The first-order chi connectivity index (χ1) is 9.00. The third-order valence-corrected chi connectivity index (χ3v) is 4.31. The van der Waals surface area contributed by atoms with E-state index in [1.54, 1.807) is 12.1 Å². The van der Waals surface area contributed by atoms with Gasteiger partial charge in [-0.25, -0.2) is 0 Å². The summed E-state index contributed by atoms with van der Waals surface area (Å²) in [4.78, 5) is 12.5. The van der Waals surface area contributed by atoms with E-state index in [-0.39, 0.29) is 5.91 Å². The largest absolute Gasteiger partial charge is 0.495 e. The predicted molar refractivity (Wildman–Crippen MR) is 83.4 cm³/mol. The number of nitrogens with two attached hydrogens (primary N) is 1. The first kappa shape index (κ1) is 16.8. The molecule has 0 fully saturated rings. The third kappa shape index (κ3) is 3.25. The quantitative estimate of drug-likeness (QED) is 0.896. The van der Waals surface area contributed by atoms with Crippen LogP contribution in [0.3, 0.4) is 0 Å². The van der Waals surface area contributed by atoms with E-state index in [2.05, 4.69) is 5.32 Å². The van der Waals surface area contributed by atoms with Crippen molar-refractivity contribution in [3.8, 4) is 5.75 Å². The number of anilines is 1. The summed E-state index contributed by atoms with van der Waals surface area (Å²) in [5, 5.41) is 3.47. The number of hydrogen-bond acceptors (Lipinski definition) is 3. The number of methoxy groups -OCH3 is 1. The first-order valence-corrected chi connectivity index (χ1v) is 6.83. The molecule has 0 bridgehead atoms. The molecular weight excluding hydrogens is 276 g/mol. The molecule has 0 aliphatic rings. The van der Waals surface area contributed by atoms with Crippen molar-refractivity contribution >= 4 is 23.2 Å². The lowest BCUT2D eigenvalue weighted by Crippen LogP contribution is -2.53. The lowest BCUT2D eigenvalue weighted by atomic mass is 9.74. The fourth-order valence-electron chi connectivity index (χ4n) is 1.50. The molecule has 0 spiro atoms. The van der Waals surface area contributed by atoms with Crippen LogP contribution in [-0.4, -0.2) is 18.6 Å². The van der Waals surface area contributed by atoms with Gasteiger partial charge < -0.3 is 15.8 Å². The number of rotatable bonds is 4. The highest BCUT2D eigenvalue weighted by atomic mass is 35.5. The van der Waals surface area contributed by atoms with Gasteiger partial charge in [-0.05, 0) is 46.2 Å². The van der Waals surface area contributed by atoms with Crippen LogP contribution in [-0.2, 0) is 4.79 Å². The highest BCUT2D eigenvalue weighted by Gasteiger charge is 2.40. The zero-order valence-corrected chi connectivity index (χ0v) is 13.7. The Morgan fingerprint density at radius 1 is 1.30 bits per heavy atom. The normalized spacial score (nSPS) is 12.2. The molecule has 1 amide bonds. The molecule has 1 aromatic rings. The summed E-state index contributed by atoms with van der Waals surface area (Å²) in [6, 6.07) is 3.48. The minimum absolute atomic E-state index is 0.162. The van der Waals surface area contributed by atoms with Gasteiger partial charge >= 0.3 is 0 Å². The maximum Gasteiger partial charge on any atom is 0.231 e. The average Bonchev–Trinajstić information content (AvgIpc) is 2.31. The highest BCUT2D eigenvalue weighted by Crippen LogP contribution is 2.34. The molecule has 0 atom stereocenters. The van der Waals surface area contributed by atoms with Gasteiger partial charge in [-0.3, -0.25) is 4.79 Å². The van der Waals surface area contributed by atoms with E-state index in [1.165, 1.54) is 7.11 Å². The fraction of sp³-hybridized carbons (Fsp3) is 0.533. The zero-order chi connectivity index (χ0) is 15.7. The SMILES string of the molecule is COc1cc(Cl)c(C)cc1NC(=O)C(C)(C)C(C)(C)N. The molecule has 5 heteroatoms. The van der Waals surface area contributed by atoms with E-state index < -0.39 is 11.0 Å². The highest BCUT2D eigenvalue weighted by molar-refractivity contribution is 6.31. The van der Waals surface area contributed by atoms with E-state index in [4.69, 9.17) is 22.1 Å². The maximum absolute atomic E-state index is 12.5. The molecule has 0 radical (unpaired) electrons. The van der Waals surface area contributed by atoms with Crippen molar-refractivity contribution in [1.29, 1.82) is 0 Å². The van der Waals surface area contributed by atoms with Crippen molar-refractivity contribution in [3.63, 3.8) is 0 Å². The standard InChI is InChI=1S/C15H23ClN2O2/c1-9-7-11(12(20-6)8-10(9)16)18-13(19)14(2,3)15(4,5)17/h7-8H,17H2,1-6H3,(H,18,19). The molecular formula is C15H23ClN2O2. The number of amides is 1. The minimum atomic E-state index is -0.731. The summed E-state index contributed by atoms with van der Waals surface area (Å²) in [5.41, 5.74) is 6.16. The Morgan fingerprint density at radius 2 is 1.85 bits per heavy atom. The fourth-order valence-corrected chi connectivity index (χ4v) is 1.65. The van der Waals surface area contributed by atoms with Crippen LogP contribution >= 0.6 is 11.6 Å². The van der Waals surface area contributed by atoms with Crippen LogP contribution in [0.5, 0.6) is 5.75 Å². The Bertz CT molecular complexity index is 519. The molecule has 4 nitrogen and oxygen atoms in total. The van der Waals surface area contributed by atoms with Gasteiger partial charge in [-0.15, -0.1) is 0 Å². The summed E-state index contributed by atoms with van der Waals surface area (Å²) in [6.07, 6.45) is 0. The molecule has 0 aromatic heterocycles. The van der Waals surface area contributed by atoms with Crippen LogP contribution in [0.1, 0.15) is 33.3 Å². The molecule has 1 rings (SSSR count). The van der Waals surface area contributed by atoms with E-state index in [0.717, 1.165) is 5.56 Å². The molecule has 20 heavy (non-hydrogen) atoms. The molecule has 0 aliphatic carbocycles. The van der Waals surface area contributed by atoms with E-state index in [0.29, 0.717) is 16.5 Å². The number of aryl methyl sites for hydroxylation is 1. The van der Waals surface area contributed by atoms with Gasteiger partial charge in [0.05, 0.1) is 18.2 Å². The van der Waals surface area contributed by atoms with Gasteiger partial charge in [0.15, 0.2) is 0 Å². The van der Waals surface area contributed by atoms with Gasteiger partial charge in [0.2, 0.25) is 5.91 Å². The van der Waals surface area contributed by atoms with E-state index >= 15 is 0 Å². The third-order valence-electron chi connectivity index (χ3n) is 3.91. The van der Waals surface area contributed by atoms with Gasteiger partial charge in [-0.1, -0.05) is 11.6 Å². The summed E-state index contributed by atoms with van der Waals surface area (Å²) in [5.74, 6) is 0.365. The summed E-state index contributed by atoms with van der Waals surface area (Å²) < 4.78 is 5.25. The Balaban J connectivity index is 3.11. The number of carbonyl (C=O) groups excluding carboxylic acids is 1. The van der Waals surface area contributed by atoms with Gasteiger partial charge in [0.1, 0.15) is 5.75 Å². The van der Waals surface area contributed by atoms with Gasteiger partial charge in [-0.2, -0.15) is 0 Å². The number of benzene rings is 1. The van der Waals surface area contributed by atoms with Crippen LogP contribution in [0.4, 0.5) is 5.69 Å². The first-order valence-electron chi connectivity index (χ1n) is 6.45.